The van der Waals surface area contributed by atoms with E-state index in [1.165, 1.54) is 0 Å². The van der Waals surface area contributed by atoms with Gasteiger partial charge in [0.25, 0.3) is 0 Å². The van der Waals surface area contributed by atoms with E-state index >= 15 is 0 Å². The molecule has 2 aromatic heterocycles. The summed E-state index contributed by atoms with van der Waals surface area (Å²) in [6, 6.07) is 13.8. The van der Waals surface area contributed by atoms with Gasteiger partial charge in [0.1, 0.15) is 6.61 Å². The number of benzene rings is 1. The molecule has 0 radical (unpaired) electrons. The summed E-state index contributed by atoms with van der Waals surface area (Å²) in [6.07, 6.45) is 1.71. The first kappa shape index (κ1) is 13.6. The summed E-state index contributed by atoms with van der Waals surface area (Å²) in [4.78, 5) is 4.48. The maximum Gasteiger partial charge on any atom is 0.218 e. The van der Waals surface area contributed by atoms with Crippen LogP contribution in [0.2, 0.25) is 0 Å². The van der Waals surface area contributed by atoms with E-state index in [-0.39, 0.29) is 0 Å². The summed E-state index contributed by atoms with van der Waals surface area (Å²) in [7, 11) is 0. The summed E-state index contributed by atoms with van der Waals surface area (Å²) in [6.45, 7) is 3.59. The van der Waals surface area contributed by atoms with Crippen molar-refractivity contribution in [3.63, 3.8) is 0 Å². The van der Waals surface area contributed by atoms with Crippen LogP contribution in [0.3, 0.4) is 0 Å². The number of rotatable bonds is 6. The Morgan fingerprint density at radius 2 is 1.95 bits per heavy atom. The van der Waals surface area contributed by atoms with Crippen molar-refractivity contribution in [2.45, 2.75) is 20.1 Å². The molecular weight excluding hydrogens is 266 g/mol. The van der Waals surface area contributed by atoms with Crippen molar-refractivity contribution in [2.24, 2.45) is 0 Å². The van der Waals surface area contributed by atoms with Crippen molar-refractivity contribution >= 4 is 5.65 Å². The van der Waals surface area contributed by atoms with Gasteiger partial charge in [-0.2, -0.15) is 9.61 Å². The minimum Gasteiger partial charge on any atom is -0.473 e. The molecule has 0 amide bonds. The maximum absolute atomic E-state index is 5.89. The van der Waals surface area contributed by atoms with E-state index in [4.69, 9.17) is 9.47 Å². The molecule has 108 valence electrons. The minimum atomic E-state index is 0.472. The van der Waals surface area contributed by atoms with Crippen molar-refractivity contribution in [1.82, 2.24) is 14.6 Å². The van der Waals surface area contributed by atoms with Gasteiger partial charge in [0.2, 0.25) is 5.88 Å². The molecule has 5 heteroatoms. The van der Waals surface area contributed by atoms with Crippen molar-refractivity contribution in [1.29, 1.82) is 0 Å². The molecule has 21 heavy (non-hydrogen) atoms. The third-order valence-electron chi connectivity index (χ3n) is 3.06. The number of ether oxygens (including phenoxy) is 2. The monoisotopic (exact) mass is 283 g/mol. The molecule has 0 unspecified atom stereocenters. The average Bonchev–Trinajstić information content (AvgIpc) is 3.00. The highest BCUT2D eigenvalue weighted by atomic mass is 16.5. The molecule has 0 fully saturated rings. The second kappa shape index (κ2) is 6.37. The van der Waals surface area contributed by atoms with Crippen molar-refractivity contribution in [3.05, 3.63) is 59.9 Å². The van der Waals surface area contributed by atoms with E-state index < -0.39 is 0 Å². The van der Waals surface area contributed by atoms with Crippen LogP contribution in [0.4, 0.5) is 0 Å². The van der Waals surface area contributed by atoms with Gasteiger partial charge in [-0.1, -0.05) is 30.3 Å². The van der Waals surface area contributed by atoms with Gasteiger partial charge in [0.15, 0.2) is 5.65 Å². The van der Waals surface area contributed by atoms with Crippen LogP contribution in [0, 0.1) is 0 Å². The molecule has 3 aromatic rings. The van der Waals surface area contributed by atoms with E-state index in [9.17, 15) is 0 Å². The van der Waals surface area contributed by atoms with Crippen molar-refractivity contribution in [2.75, 3.05) is 6.61 Å². The molecule has 0 spiro atoms. The molecule has 5 nitrogen and oxygen atoms in total. The van der Waals surface area contributed by atoms with Gasteiger partial charge in [-0.05, 0) is 12.5 Å². The summed E-state index contributed by atoms with van der Waals surface area (Å²) in [5, 5.41) is 4.24. The first-order chi connectivity index (χ1) is 10.4. The second-order valence-electron chi connectivity index (χ2n) is 4.60. The number of hydrogen-bond donors (Lipinski definition) is 0. The smallest absolute Gasteiger partial charge is 0.218 e. The molecule has 0 aliphatic rings. The van der Waals surface area contributed by atoms with E-state index in [1.807, 2.05) is 49.4 Å². The van der Waals surface area contributed by atoms with E-state index in [2.05, 4.69) is 10.1 Å². The van der Waals surface area contributed by atoms with Crippen LogP contribution < -0.4 is 4.74 Å². The molecular formula is C16H17N3O2. The Hall–Kier alpha value is -2.40. The van der Waals surface area contributed by atoms with Crippen LogP contribution in [-0.2, 0) is 18.0 Å². The summed E-state index contributed by atoms with van der Waals surface area (Å²) in [5.41, 5.74) is 2.71. The maximum atomic E-state index is 5.89. The number of hydrogen-bond acceptors (Lipinski definition) is 4. The van der Waals surface area contributed by atoms with Crippen LogP contribution in [0.1, 0.15) is 18.2 Å². The predicted molar refractivity (Wildman–Crippen MR) is 79.1 cm³/mol. The number of aromatic nitrogens is 3. The highest BCUT2D eigenvalue weighted by molar-refractivity contribution is 5.40. The third-order valence-corrected chi connectivity index (χ3v) is 3.06. The first-order valence-corrected chi connectivity index (χ1v) is 6.95. The molecule has 2 heterocycles. The molecule has 0 atom stereocenters. The zero-order chi connectivity index (χ0) is 14.5. The largest absolute Gasteiger partial charge is 0.473 e. The fourth-order valence-corrected chi connectivity index (χ4v) is 2.05. The lowest BCUT2D eigenvalue weighted by Crippen LogP contribution is -2.05. The van der Waals surface area contributed by atoms with E-state index in [0.29, 0.717) is 25.7 Å². The molecule has 1 aromatic carbocycles. The fraction of sp³-hybridized carbons (Fsp3) is 0.250. The molecule has 0 aliphatic heterocycles. The van der Waals surface area contributed by atoms with Crippen LogP contribution in [0.15, 0.2) is 48.7 Å². The van der Waals surface area contributed by atoms with Gasteiger partial charge in [-0.15, -0.1) is 0 Å². The molecule has 0 saturated heterocycles. The molecule has 0 N–H and O–H groups in total. The normalized spacial score (nSPS) is 10.9. The Bertz CT molecular complexity index is 710. The predicted octanol–water partition coefficient (Wildman–Crippen LogP) is 2.84. The molecule has 0 aliphatic carbocycles. The highest BCUT2D eigenvalue weighted by Crippen LogP contribution is 2.17. The van der Waals surface area contributed by atoms with Crippen LogP contribution in [0.25, 0.3) is 5.65 Å². The number of nitrogens with zero attached hydrogens (tertiary/aromatic N) is 3. The lowest BCUT2D eigenvalue weighted by molar-refractivity contribution is 0.131. The number of fused-ring (bicyclic) bond motifs is 1. The summed E-state index contributed by atoms with van der Waals surface area (Å²) >= 11 is 0. The topological polar surface area (TPSA) is 48.7 Å². The summed E-state index contributed by atoms with van der Waals surface area (Å²) in [5.74, 6) is 0.670. The van der Waals surface area contributed by atoms with Crippen LogP contribution in [-0.4, -0.2) is 21.2 Å². The third kappa shape index (κ3) is 3.20. The van der Waals surface area contributed by atoms with Crippen LogP contribution in [0.5, 0.6) is 5.88 Å². The molecule has 3 rings (SSSR count). The van der Waals surface area contributed by atoms with Crippen LogP contribution >= 0.6 is 0 Å². The Balaban J connectivity index is 1.83. The SMILES string of the molecule is CCOCc1cc(OCc2ccccc2)n2nccc2n1. The van der Waals surface area contributed by atoms with Gasteiger partial charge in [-0.25, -0.2) is 4.98 Å². The zero-order valence-corrected chi connectivity index (χ0v) is 11.9. The molecule has 0 saturated carbocycles. The Kier molecular flexibility index (Phi) is 4.12. The standard InChI is InChI=1S/C16H17N3O2/c1-2-20-12-14-10-16(19-15(18-14)8-9-17-19)21-11-13-6-4-3-5-7-13/h3-10H,2,11-12H2,1H3. The van der Waals surface area contributed by atoms with Gasteiger partial charge in [-0.3, -0.25) is 0 Å². The van der Waals surface area contributed by atoms with E-state index in [0.717, 1.165) is 16.9 Å². The Morgan fingerprint density at radius 1 is 1.10 bits per heavy atom. The van der Waals surface area contributed by atoms with Gasteiger partial charge in [0.05, 0.1) is 18.5 Å². The Morgan fingerprint density at radius 3 is 2.76 bits per heavy atom. The van der Waals surface area contributed by atoms with Gasteiger partial charge < -0.3 is 9.47 Å². The second-order valence-corrected chi connectivity index (χ2v) is 4.60. The highest BCUT2D eigenvalue weighted by Gasteiger charge is 2.08. The van der Waals surface area contributed by atoms with Crippen molar-refractivity contribution in [3.8, 4) is 5.88 Å². The van der Waals surface area contributed by atoms with E-state index in [1.54, 1.807) is 10.7 Å². The quantitative estimate of drug-likeness (QED) is 0.698. The minimum absolute atomic E-state index is 0.472. The van der Waals surface area contributed by atoms with Crippen molar-refractivity contribution < 1.29 is 9.47 Å². The summed E-state index contributed by atoms with van der Waals surface area (Å²) < 4.78 is 13.0. The van der Waals surface area contributed by atoms with Gasteiger partial charge >= 0.3 is 0 Å². The Labute approximate surface area is 123 Å². The fourth-order valence-electron chi connectivity index (χ4n) is 2.05. The lowest BCUT2D eigenvalue weighted by atomic mass is 10.2. The average molecular weight is 283 g/mol. The zero-order valence-electron chi connectivity index (χ0n) is 11.9. The molecule has 0 bridgehead atoms. The van der Waals surface area contributed by atoms with Gasteiger partial charge in [0, 0.05) is 18.7 Å². The first-order valence-electron chi connectivity index (χ1n) is 6.95. The lowest BCUT2D eigenvalue weighted by Gasteiger charge is -2.10.